The van der Waals surface area contributed by atoms with Gasteiger partial charge >= 0.3 is 0 Å². The number of ether oxygens (including phenoxy) is 1. The summed E-state index contributed by atoms with van der Waals surface area (Å²) in [6.45, 7) is 0.566. The van der Waals surface area contributed by atoms with Crippen molar-refractivity contribution in [3.05, 3.63) is 34.4 Å². The van der Waals surface area contributed by atoms with Gasteiger partial charge in [0.2, 0.25) is 0 Å². The maximum Gasteiger partial charge on any atom is 0.152 e. The fourth-order valence-electron chi connectivity index (χ4n) is 5.52. The van der Waals surface area contributed by atoms with Crippen LogP contribution in [0.2, 0.25) is 0 Å². The average molecular weight is 392 g/mol. The van der Waals surface area contributed by atoms with Crippen LogP contribution < -0.4 is 5.32 Å². The zero-order valence-corrected chi connectivity index (χ0v) is 17.0. The lowest BCUT2D eigenvalue weighted by molar-refractivity contribution is 0.00829. The molecule has 0 amide bonds. The van der Waals surface area contributed by atoms with Crippen LogP contribution in [-0.4, -0.2) is 26.9 Å². The summed E-state index contributed by atoms with van der Waals surface area (Å²) in [6.07, 6.45) is 12.7. The number of rotatable bonds is 3. The molecule has 2 aromatic rings. The molecule has 0 atom stereocenters. The van der Waals surface area contributed by atoms with E-state index in [1.165, 1.54) is 43.2 Å². The van der Waals surface area contributed by atoms with Crippen LogP contribution in [0.4, 0.5) is 5.82 Å². The molecule has 2 fully saturated rings. The normalized spacial score (nSPS) is 22.3. The Morgan fingerprint density at radius 2 is 1.83 bits per heavy atom. The molecule has 0 radical (unpaired) electrons. The van der Waals surface area contributed by atoms with Gasteiger partial charge in [-0.25, -0.2) is 0 Å². The predicted molar refractivity (Wildman–Crippen MR) is 112 cm³/mol. The highest BCUT2D eigenvalue weighted by molar-refractivity contribution is 5.75. The number of anilines is 1. The molecule has 6 rings (SSSR count). The number of aromatic hydroxyl groups is 1. The summed E-state index contributed by atoms with van der Waals surface area (Å²) in [7, 11) is 0. The van der Waals surface area contributed by atoms with Gasteiger partial charge in [-0.05, 0) is 62.1 Å². The van der Waals surface area contributed by atoms with E-state index in [4.69, 9.17) is 4.74 Å². The van der Waals surface area contributed by atoms with Gasteiger partial charge in [-0.1, -0.05) is 25.3 Å². The summed E-state index contributed by atoms with van der Waals surface area (Å²) in [5, 5.41) is 24.0. The minimum Gasteiger partial charge on any atom is -0.507 e. The summed E-state index contributed by atoms with van der Waals surface area (Å²) in [4.78, 5) is 0. The van der Waals surface area contributed by atoms with Crippen molar-refractivity contribution in [3.63, 3.8) is 0 Å². The molecule has 5 nitrogen and oxygen atoms in total. The Labute approximate surface area is 171 Å². The van der Waals surface area contributed by atoms with Crippen LogP contribution >= 0.6 is 0 Å². The number of aromatic nitrogens is 2. The molecule has 0 bridgehead atoms. The van der Waals surface area contributed by atoms with E-state index in [2.05, 4.69) is 21.6 Å². The zero-order chi connectivity index (χ0) is 19.4. The SMILES string of the molecule is Oc1c(-c2nnc(NC3CCCCC3)c3c2COC2(CC2)C3)ccc2c1CCC2. The van der Waals surface area contributed by atoms with E-state index in [9.17, 15) is 5.11 Å². The standard InChI is InChI=1S/C24H29N3O2/c28-22-17-8-4-5-15(17)9-10-18(22)21-20-14-29-24(11-12-24)13-19(20)23(27-26-21)25-16-6-2-1-3-7-16/h9-10,16,28H,1-8,11-14H2,(H,25,27). The molecule has 4 aliphatic rings. The molecule has 1 aromatic heterocycles. The highest BCUT2D eigenvalue weighted by Crippen LogP contribution is 2.50. The van der Waals surface area contributed by atoms with Gasteiger partial charge in [-0.15, -0.1) is 10.2 Å². The first kappa shape index (κ1) is 17.7. The number of fused-ring (bicyclic) bond motifs is 2. The van der Waals surface area contributed by atoms with Gasteiger partial charge < -0.3 is 15.2 Å². The number of nitrogens with one attached hydrogen (secondary N) is 1. The minimum absolute atomic E-state index is 0.0241. The van der Waals surface area contributed by atoms with E-state index in [1.807, 2.05) is 6.07 Å². The van der Waals surface area contributed by atoms with Crippen molar-refractivity contribution in [2.45, 2.75) is 88.9 Å². The number of nitrogens with zero attached hydrogens (tertiary/aromatic N) is 2. The average Bonchev–Trinajstić information content (AvgIpc) is 3.31. The fourth-order valence-corrected chi connectivity index (χ4v) is 5.52. The molecule has 1 aliphatic heterocycles. The third-order valence-corrected chi connectivity index (χ3v) is 7.47. The first-order valence-corrected chi connectivity index (χ1v) is 11.4. The number of hydrogen-bond acceptors (Lipinski definition) is 5. The molecular weight excluding hydrogens is 362 g/mol. The minimum atomic E-state index is 0.0241. The van der Waals surface area contributed by atoms with Crippen molar-refractivity contribution >= 4 is 5.82 Å². The molecule has 1 spiro atoms. The molecule has 2 N–H and O–H groups in total. The zero-order valence-electron chi connectivity index (χ0n) is 17.0. The second-order valence-corrected chi connectivity index (χ2v) is 9.44. The predicted octanol–water partition coefficient (Wildman–Crippen LogP) is 4.69. The van der Waals surface area contributed by atoms with Crippen molar-refractivity contribution < 1.29 is 9.84 Å². The van der Waals surface area contributed by atoms with E-state index in [-0.39, 0.29) is 5.60 Å². The Bertz CT molecular complexity index is 961. The van der Waals surface area contributed by atoms with Gasteiger partial charge in [0.05, 0.1) is 12.2 Å². The molecule has 1 aromatic carbocycles. The van der Waals surface area contributed by atoms with Crippen LogP contribution in [0.3, 0.4) is 0 Å². The highest BCUT2D eigenvalue weighted by Gasteiger charge is 2.48. The van der Waals surface area contributed by atoms with Gasteiger partial charge in [0.25, 0.3) is 0 Å². The van der Waals surface area contributed by atoms with Crippen molar-refractivity contribution in [1.29, 1.82) is 0 Å². The lowest BCUT2D eigenvalue weighted by atomic mass is 9.92. The first-order chi connectivity index (χ1) is 14.2. The maximum absolute atomic E-state index is 11.0. The smallest absolute Gasteiger partial charge is 0.152 e. The fraction of sp³-hybridized carbons (Fsp3) is 0.583. The van der Waals surface area contributed by atoms with Crippen LogP contribution in [0.1, 0.15) is 73.6 Å². The van der Waals surface area contributed by atoms with Crippen LogP contribution in [0.5, 0.6) is 5.75 Å². The van der Waals surface area contributed by atoms with Crippen LogP contribution in [0.15, 0.2) is 12.1 Å². The summed E-state index contributed by atoms with van der Waals surface area (Å²) >= 11 is 0. The molecule has 152 valence electrons. The molecule has 5 heteroatoms. The second kappa shape index (κ2) is 6.69. The van der Waals surface area contributed by atoms with Crippen molar-refractivity contribution in [2.75, 3.05) is 5.32 Å². The van der Waals surface area contributed by atoms with Gasteiger partial charge in [-0.3, -0.25) is 0 Å². The van der Waals surface area contributed by atoms with Crippen LogP contribution in [0, 0.1) is 0 Å². The van der Waals surface area contributed by atoms with E-state index in [1.54, 1.807) is 0 Å². The second-order valence-electron chi connectivity index (χ2n) is 9.44. The summed E-state index contributed by atoms with van der Waals surface area (Å²) in [5.41, 5.74) is 6.39. The molecular formula is C24H29N3O2. The molecule has 3 aliphatic carbocycles. The van der Waals surface area contributed by atoms with Gasteiger partial charge in [0.15, 0.2) is 5.82 Å². The maximum atomic E-state index is 11.0. The Morgan fingerprint density at radius 1 is 0.966 bits per heavy atom. The van der Waals surface area contributed by atoms with E-state index in [0.717, 1.165) is 66.7 Å². The van der Waals surface area contributed by atoms with E-state index in [0.29, 0.717) is 18.4 Å². The Hall–Kier alpha value is -2.14. The summed E-state index contributed by atoms with van der Waals surface area (Å²) in [5.74, 6) is 1.35. The van der Waals surface area contributed by atoms with E-state index >= 15 is 0 Å². The number of hydrogen-bond donors (Lipinski definition) is 2. The number of benzene rings is 1. The lowest BCUT2D eigenvalue weighted by Gasteiger charge is -2.30. The first-order valence-electron chi connectivity index (χ1n) is 11.4. The van der Waals surface area contributed by atoms with E-state index < -0.39 is 0 Å². The quantitative estimate of drug-likeness (QED) is 0.795. The number of phenols is 1. The molecule has 0 unspecified atom stereocenters. The highest BCUT2D eigenvalue weighted by atomic mass is 16.5. The Kier molecular flexibility index (Phi) is 4.09. The summed E-state index contributed by atoms with van der Waals surface area (Å²) < 4.78 is 6.27. The Balaban J connectivity index is 1.42. The van der Waals surface area contributed by atoms with Gasteiger partial charge in [0, 0.05) is 29.2 Å². The van der Waals surface area contributed by atoms with Crippen LogP contribution in [0.25, 0.3) is 11.3 Å². The monoisotopic (exact) mass is 391 g/mol. The van der Waals surface area contributed by atoms with Crippen molar-refractivity contribution in [2.24, 2.45) is 0 Å². The molecule has 0 saturated heterocycles. The van der Waals surface area contributed by atoms with Gasteiger partial charge in [0.1, 0.15) is 11.4 Å². The van der Waals surface area contributed by atoms with Crippen molar-refractivity contribution in [3.8, 4) is 17.0 Å². The van der Waals surface area contributed by atoms with Gasteiger partial charge in [-0.2, -0.15) is 0 Å². The number of phenolic OH excluding ortho intramolecular Hbond substituents is 1. The summed E-state index contributed by atoms with van der Waals surface area (Å²) in [6, 6.07) is 4.69. The lowest BCUT2D eigenvalue weighted by Crippen LogP contribution is -2.29. The molecule has 29 heavy (non-hydrogen) atoms. The molecule has 2 saturated carbocycles. The van der Waals surface area contributed by atoms with Crippen molar-refractivity contribution in [1.82, 2.24) is 10.2 Å². The Morgan fingerprint density at radius 3 is 2.66 bits per heavy atom. The largest absolute Gasteiger partial charge is 0.507 e. The van der Waals surface area contributed by atoms with Crippen LogP contribution in [-0.2, 0) is 30.6 Å². The third-order valence-electron chi connectivity index (χ3n) is 7.47. The molecule has 2 heterocycles. The number of aryl methyl sites for hydroxylation is 1. The topological polar surface area (TPSA) is 67.3 Å². The third kappa shape index (κ3) is 3.02.